The third kappa shape index (κ3) is 3.25. The van der Waals surface area contributed by atoms with Crippen LogP contribution in [0.5, 0.6) is 0 Å². The fourth-order valence-corrected chi connectivity index (χ4v) is 1.35. The van der Waals surface area contributed by atoms with Crippen LogP contribution in [0.3, 0.4) is 0 Å². The Morgan fingerprint density at radius 1 is 1.31 bits per heavy atom. The molecular formula is C11H12F3NO. The molecule has 0 spiro atoms. The van der Waals surface area contributed by atoms with Crippen molar-refractivity contribution in [2.24, 2.45) is 0 Å². The first-order chi connectivity index (χ1) is 7.45. The van der Waals surface area contributed by atoms with Gasteiger partial charge in [-0.2, -0.15) is 13.2 Å². The number of carbonyl (C=O) groups is 1. The van der Waals surface area contributed by atoms with Gasteiger partial charge >= 0.3 is 12.1 Å². The zero-order valence-electron chi connectivity index (χ0n) is 8.71. The van der Waals surface area contributed by atoms with Gasteiger partial charge in [0.25, 0.3) is 0 Å². The number of benzene rings is 1. The van der Waals surface area contributed by atoms with Crippen molar-refractivity contribution in [2.45, 2.75) is 25.6 Å². The first-order valence-corrected chi connectivity index (χ1v) is 4.87. The summed E-state index contributed by atoms with van der Waals surface area (Å²) >= 11 is 0. The molecule has 0 unspecified atom stereocenters. The van der Waals surface area contributed by atoms with E-state index in [-0.39, 0.29) is 0 Å². The number of rotatable bonds is 3. The molecule has 5 heteroatoms. The Hall–Kier alpha value is -1.52. The molecule has 0 aromatic heterocycles. The maximum absolute atomic E-state index is 12.0. The molecule has 0 aliphatic heterocycles. The molecule has 0 aliphatic rings. The van der Waals surface area contributed by atoms with Crippen LogP contribution < -0.4 is 5.32 Å². The van der Waals surface area contributed by atoms with Gasteiger partial charge in [0.15, 0.2) is 0 Å². The molecule has 1 rings (SSSR count). The van der Waals surface area contributed by atoms with E-state index in [0.29, 0.717) is 12.0 Å². The molecule has 88 valence electrons. The highest BCUT2D eigenvalue weighted by molar-refractivity contribution is 5.82. The first-order valence-electron chi connectivity index (χ1n) is 4.87. The van der Waals surface area contributed by atoms with Crippen LogP contribution in [0, 0.1) is 0 Å². The topological polar surface area (TPSA) is 29.1 Å². The van der Waals surface area contributed by atoms with Crippen molar-refractivity contribution in [3.05, 3.63) is 35.9 Å². The van der Waals surface area contributed by atoms with Crippen LogP contribution in [0.1, 0.15) is 24.9 Å². The molecule has 1 N–H and O–H groups in total. The van der Waals surface area contributed by atoms with Gasteiger partial charge in [0, 0.05) is 0 Å². The number of hydrogen-bond donors (Lipinski definition) is 1. The molecular weight excluding hydrogens is 219 g/mol. The summed E-state index contributed by atoms with van der Waals surface area (Å²) in [5.41, 5.74) is 0.669. The van der Waals surface area contributed by atoms with E-state index in [2.05, 4.69) is 0 Å². The predicted octanol–water partition coefficient (Wildman–Crippen LogP) is 2.82. The van der Waals surface area contributed by atoms with Crippen molar-refractivity contribution in [1.29, 1.82) is 0 Å². The summed E-state index contributed by atoms with van der Waals surface area (Å²) < 4.78 is 36.1. The van der Waals surface area contributed by atoms with Gasteiger partial charge in [-0.15, -0.1) is 0 Å². The van der Waals surface area contributed by atoms with E-state index in [9.17, 15) is 18.0 Å². The van der Waals surface area contributed by atoms with E-state index in [4.69, 9.17) is 0 Å². The molecule has 0 radical (unpaired) electrons. The average Bonchev–Trinajstić information content (AvgIpc) is 2.25. The largest absolute Gasteiger partial charge is 0.471 e. The highest BCUT2D eigenvalue weighted by Crippen LogP contribution is 2.20. The van der Waals surface area contributed by atoms with Crippen LogP contribution in [0.2, 0.25) is 0 Å². The fourth-order valence-electron chi connectivity index (χ4n) is 1.35. The van der Waals surface area contributed by atoms with Gasteiger partial charge < -0.3 is 5.32 Å². The second-order valence-corrected chi connectivity index (χ2v) is 3.34. The molecule has 0 heterocycles. The standard InChI is InChI=1S/C11H12F3NO/c1-2-9(8-6-4-3-5-7-8)15-10(16)11(12,13)14/h3-7,9H,2H2,1H3,(H,15,16)/t9-/m1/s1. The minimum Gasteiger partial charge on any atom is -0.341 e. The summed E-state index contributed by atoms with van der Waals surface area (Å²) in [5, 5.41) is 1.96. The van der Waals surface area contributed by atoms with E-state index in [1.54, 1.807) is 37.3 Å². The zero-order valence-corrected chi connectivity index (χ0v) is 8.71. The van der Waals surface area contributed by atoms with Gasteiger partial charge in [-0.25, -0.2) is 0 Å². The molecule has 1 aromatic rings. The zero-order chi connectivity index (χ0) is 12.2. The number of halogens is 3. The number of nitrogens with one attached hydrogen (secondary N) is 1. The Morgan fingerprint density at radius 3 is 2.31 bits per heavy atom. The van der Waals surface area contributed by atoms with E-state index in [1.807, 2.05) is 5.32 Å². The molecule has 1 aromatic carbocycles. The van der Waals surface area contributed by atoms with Crippen molar-refractivity contribution in [2.75, 3.05) is 0 Å². The fraction of sp³-hybridized carbons (Fsp3) is 0.364. The van der Waals surface area contributed by atoms with Crippen molar-refractivity contribution in [1.82, 2.24) is 5.32 Å². The van der Waals surface area contributed by atoms with Gasteiger partial charge in [0.05, 0.1) is 6.04 Å². The van der Waals surface area contributed by atoms with Crippen molar-refractivity contribution in [3.63, 3.8) is 0 Å². The Morgan fingerprint density at radius 2 is 1.88 bits per heavy atom. The highest BCUT2D eigenvalue weighted by Gasteiger charge is 2.39. The summed E-state index contributed by atoms with van der Waals surface area (Å²) in [6.07, 6.45) is -4.42. The van der Waals surface area contributed by atoms with E-state index in [1.165, 1.54) is 0 Å². The molecule has 1 amide bonds. The Bertz CT molecular complexity index is 348. The van der Waals surface area contributed by atoms with Crippen LogP contribution in [0.15, 0.2) is 30.3 Å². The average molecular weight is 231 g/mol. The SMILES string of the molecule is CC[C@@H](NC(=O)C(F)(F)F)c1ccccc1. The Labute approximate surface area is 91.5 Å². The number of carbonyl (C=O) groups excluding carboxylic acids is 1. The summed E-state index contributed by atoms with van der Waals surface area (Å²) in [6.45, 7) is 1.72. The lowest BCUT2D eigenvalue weighted by Gasteiger charge is -2.18. The summed E-state index contributed by atoms with van der Waals surface area (Å²) in [5.74, 6) is -1.90. The monoisotopic (exact) mass is 231 g/mol. The smallest absolute Gasteiger partial charge is 0.341 e. The van der Waals surface area contributed by atoms with Crippen molar-refractivity contribution in [3.8, 4) is 0 Å². The minimum absolute atomic E-state index is 0.409. The quantitative estimate of drug-likeness (QED) is 0.851. The Balaban J connectivity index is 2.75. The lowest BCUT2D eigenvalue weighted by molar-refractivity contribution is -0.174. The molecule has 16 heavy (non-hydrogen) atoms. The van der Waals surface area contributed by atoms with E-state index < -0.39 is 18.1 Å². The summed E-state index contributed by atoms with van der Waals surface area (Å²) in [6, 6.07) is 7.97. The number of amides is 1. The van der Waals surface area contributed by atoms with Gasteiger partial charge in [0.1, 0.15) is 0 Å². The van der Waals surface area contributed by atoms with Crippen LogP contribution in [0.25, 0.3) is 0 Å². The van der Waals surface area contributed by atoms with Gasteiger partial charge in [-0.3, -0.25) is 4.79 Å². The molecule has 0 aliphatic carbocycles. The van der Waals surface area contributed by atoms with E-state index >= 15 is 0 Å². The van der Waals surface area contributed by atoms with Crippen molar-refractivity contribution < 1.29 is 18.0 Å². The second kappa shape index (κ2) is 5.01. The maximum Gasteiger partial charge on any atom is 0.471 e. The third-order valence-corrected chi connectivity index (χ3v) is 2.17. The molecule has 0 saturated heterocycles. The van der Waals surface area contributed by atoms with Gasteiger partial charge in [-0.1, -0.05) is 37.3 Å². The third-order valence-electron chi connectivity index (χ3n) is 2.17. The number of alkyl halides is 3. The normalized spacial score (nSPS) is 13.2. The predicted molar refractivity (Wildman–Crippen MR) is 53.7 cm³/mol. The number of hydrogen-bond acceptors (Lipinski definition) is 1. The Kier molecular flexibility index (Phi) is 3.93. The van der Waals surface area contributed by atoms with Crippen molar-refractivity contribution >= 4 is 5.91 Å². The minimum atomic E-state index is -4.83. The lowest BCUT2D eigenvalue weighted by atomic mass is 10.0. The van der Waals surface area contributed by atoms with E-state index in [0.717, 1.165) is 0 Å². The molecule has 1 atom stereocenters. The molecule has 0 saturated carbocycles. The maximum atomic E-state index is 12.0. The molecule has 2 nitrogen and oxygen atoms in total. The highest BCUT2D eigenvalue weighted by atomic mass is 19.4. The first kappa shape index (κ1) is 12.5. The summed E-state index contributed by atoms with van der Waals surface area (Å²) in [7, 11) is 0. The lowest BCUT2D eigenvalue weighted by Crippen LogP contribution is -2.38. The van der Waals surface area contributed by atoms with Crippen LogP contribution in [-0.2, 0) is 4.79 Å². The molecule has 0 fully saturated rings. The van der Waals surface area contributed by atoms with Gasteiger partial charge in [0.2, 0.25) is 0 Å². The second-order valence-electron chi connectivity index (χ2n) is 3.34. The summed E-state index contributed by atoms with van der Waals surface area (Å²) in [4.78, 5) is 10.8. The van der Waals surface area contributed by atoms with Crippen LogP contribution in [-0.4, -0.2) is 12.1 Å². The van der Waals surface area contributed by atoms with Crippen LogP contribution in [0.4, 0.5) is 13.2 Å². The van der Waals surface area contributed by atoms with Crippen LogP contribution >= 0.6 is 0 Å². The molecule has 0 bridgehead atoms. The van der Waals surface area contributed by atoms with Gasteiger partial charge in [-0.05, 0) is 12.0 Å².